The number of allylic oxidation sites excluding steroid dienone is 1. The highest BCUT2D eigenvalue weighted by Gasteiger charge is 2.27. The standard InChI is InChI=1S/C60H41N3S/c1-36-12-10-23-56-60(36)48-20-7-9-22-54(48)62(56)41-26-28-55-50(33-41)47-19-6-8-21-53(47)63(55)59-34-52-51-32-40(25-29-57(51)64-58(52)35-61-59)38-14-11-13-37(30-38)39-24-27-46-44-17-3-2-15-42(44)43-16-4-5-18-45(43)49(46)31-39/h2-11,13-33,35-36,59H,12,34H2,1H3. The lowest BCUT2D eigenvalue weighted by Crippen LogP contribution is -2.14. The third-order valence-corrected chi connectivity index (χ3v) is 15.5. The van der Waals surface area contributed by atoms with Gasteiger partial charge >= 0.3 is 0 Å². The van der Waals surface area contributed by atoms with Crippen molar-refractivity contribution in [2.45, 2.75) is 31.8 Å². The minimum atomic E-state index is -0.0596. The predicted octanol–water partition coefficient (Wildman–Crippen LogP) is 16.4. The lowest BCUT2D eigenvalue weighted by Gasteiger charge is -2.21. The molecule has 2 atom stereocenters. The van der Waals surface area contributed by atoms with Crippen molar-refractivity contribution in [2.75, 3.05) is 0 Å². The summed E-state index contributed by atoms with van der Waals surface area (Å²) < 4.78 is 6.28. The molecule has 1 aliphatic heterocycles. The Hall–Kier alpha value is -7.53. The second-order valence-electron chi connectivity index (χ2n) is 17.8. The largest absolute Gasteiger partial charge is 0.317 e. The smallest absolute Gasteiger partial charge is 0.129 e. The summed E-state index contributed by atoms with van der Waals surface area (Å²) in [6.45, 7) is 2.36. The highest BCUT2D eigenvalue weighted by atomic mass is 32.1. The molecular formula is C60H41N3S. The van der Waals surface area contributed by atoms with Crippen LogP contribution in [-0.2, 0) is 6.42 Å². The van der Waals surface area contributed by atoms with Gasteiger partial charge in [-0.25, -0.2) is 0 Å². The van der Waals surface area contributed by atoms with Crippen LogP contribution < -0.4 is 0 Å². The summed E-state index contributed by atoms with van der Waals surface area (Å²) in [4.78, 5) is 6.57. The molecule has 2 aliphatic rings. The molecule has 12 aromatic rings. The van der Waals surface area contributed by atoms with E-state index in [4.69, 9.17) is 4.99 Å². The second-order valence-corrected chi connectivity index (χ2v) is 18.9. The summed E-state index contributed by atoms with van der Waals surface area (Å²) in [5.74, 6) is 0.485. The molecule has 0 bridgehead atoms. The van der Waals surface area contributed by atoms with E-state index in [1.165, 1.54) is 125 Å². The van der Waals surface area contributed by atoms with Crippen molar-refractivity contribution in [1.29, 1.82) is 0 Å². The average Bonchev–Trinajstić information content (AvgIpc) is 4.01. The number of hydrogen-bond acceptors (Lipinski definition) is 2. The Kier molecular flexibility index (Phi) is 7.73. The zero-order valence-corrected chi connectivity index (χ0v) is 36.1. The summed E-state index contributed by atoms with van der Waals surface area (Å²) in [6, 6.07) is 65.6. The molecule has 9 aromatic carbocycles. The summed E-state index contributed by atoms with van der Waals surface area (Å²) in [7, 11) is 0. The fraction of sp³-hybridized carbons (Fsp3) is 0.0833. The molecule has 0 amide bonds. The number of fused-ring (bicyclic) bond motifs is 15. The van der Waals surface area contributed by atoms with Crippen LogP contribution >= 0.6 is 11.3 Å². The highest BCUT2D eigenvalue weighted by Crippen LogP contribution is 2.44. The second kappa shape index (κ2) is 13.7. The van der Waals surface area contributed by atoms with Gasteiger partial charge in [-0.1, -0.05) is 134 Å². The zero-order chi connectivity index (χ0) is 42.0. The van der Waals surface area contributed by atoms with Gasteiger partial charge in [-0.2, -0.15) is 0 Å². The first-order chi connectivity index (χ1) is 31.6. The first-order valence-corrected chi connectivity index (χ1v) is 23.3. The van der Waals surface area contributed by atoms with Crippen molar-refractivity contribution < 1.29 is 0 Å². The van der Waals surface area contributed by atoms with Gasteiger partial charge in [-0.3, -0.25) is 4.99 Å². The SMILES string of the molecule is CC1CC=Cc2c1c1ccccc1n2-c1ccc2c(c1)c1ccccc1n2C1Cc2c(sc3ccc(-c4cccc(-c5ccc6c7ccccc7c7ccccc7c6c5)c4)cc23)C=N1. The van der Waals surface area contributed by atoms with E-state index in [1.54, 1.807) is 0 Å². The number of aliphatic imine (C=N–C) groups is 1. The van der Waals surface area contributed by atoms with Crippen LogP contribution in [0.25, 0.3) is 109 Å². The van der Waals surface area contributed by atoms with E-state index in [1.807, 2.05) is 11.3 Å². The van der Waals surface area contributed by atoms with Gasteiger partial charge in [-0.05, 0) is 144 Å². The number of thiophene rings is 1. The number of nitrogens with zero attached hydrogens (tertiary/aromatic N) is 3. The number of para-hydroxylation sites is 2. The van der Waals surface area contributed by atoms with Crippen LogP contribution in [0.5, 0.6) is 0 Å². The summed E-state index contributed by atoms with van der Waals surface area (Å²) in [5.41, 5.74) is 14.0. The van der Waals surface area contributed by atoms with E-state index in [2.05, 4.69) is 210 Å². The van der Waals surface area contributed by atoms with E-state index >= 15 is 0 Å². The molecule has 0 N–H and O–H groups in total. The molecule has 64 heavy (non-hydrogen) atoms. The monoisotopic (exact) mass is 835 g/mol. The Labute approximate surface area is 374 Å². The van der Waals surface area contributed by atoms with Crippen molar-refractivity contribution in [1.82, 2.24) is 9.13 Å². The fourth-order valence-corrected chi connectivity index (χ4v) is 12.5. The summed E-state index contributed by atoms with van der Waals surface area (Å²) in [6.07, 6.45) is 8.66. The average molecular weight is 836 g/mol. The van der Waals surface area contributed by atoms with Crippen LogP contribution in [-0.4, -0.2) is 15.3 Å². The van der Waals surface area contributed by atoms with Gasteiger partial charge in [-0.15, -0.1) is 11.3 Å². The van der Waals surface area contributed by atoms with Crippen molar-refractivity contribution in [2.24, 2.45) is 4.99 Å². The maximum absolute atomic E-state index is 5.30. The molecule has 302 valence electrons. The Bertz CT molecular complexity index is 3970. The molecule has 0 radical (unpaired) electrons. The third kappa shape index (κ3) is 5.24. The first kappa shape index (κ1) is 36.0. The molecule has 3 aromatic heterocycles. The van der Waals surface area contributed by atoms with Crippen molar-refractivity contribution in [3.8, 4) is 27.9 Å². The molecule has 0 spiro atoms. The minimum absolute atomic E-state index is 0.0596. The van der Waals surface area contributed by atoms with Crippen LogP contribution in [0.15, 0.2) is 187 Å². The van der Waals surface area contributed by atoms with Gasteiger partial charge < -0.3 is 9.13 Å². The molecule has 14 rings (SSSR count). The molecule has 4 heterocycles. The van der Waals surface area contributed by atoms with Crippen LogP contribution in [0.2, 0.25) is 0 Å². The Morgan fingerprint density at radius 3 is 1.88 bits per heavy atom. The van der Waals surface area contributed by atoms with Gasteiger partial charge in [0.15, 0.2) is 0 Å². The summed E-state index contributed by atoms with van der Waals surface area (Å²) >= 11 is 1.86. The third-order valence-electron chi connectivity index (χ3n) is 14.3. The Morgan fingerprint density at radius 1 is 0.500 bits per heavy atom. The highest BCUT2D eigenvalue weighted by molar-refractivity contribution is 7.20. The predicted molar refractivity (Wildman–Crippen MR) is 274 cm³/mol. The van der Waals surface area contributed by atoms with E-state index in [-0.39, 0.29) is 6.17 Å². The molecular weight excluding hydrogens is 795 g/mol. The van der Waals surface area contributed by atoms with Gasteiger partial charge in [0.05, 0.1) is 16.6 Å². The van der Waals surface area contributed by atoms with Crippen LogP contribution in [0.3, 0.4) is 0 Å². The van der Waals surface area contributed by atoms with E-state index in [9.17, 15) is 0 Å². The number of hydrogen-bond donors (Lipinski definition) is 0. The molecule has 0 fully saturated rings. The first-order valence-electron chi connectivity index (χ1n) is 22.5. The van der Waals surface area contributed by atoms with Crippen molar-refractivity contribution in [3.05, 3.63) is 204 Å². The molecule has 0 saturated carbocycles. The van der Waals surface area contributed by atoms with Gasteiger partial charge in [0, 0.05) is 49.8 Å². The fourth-order valence-electron chi connectivity index (χ4n) is 11.4. The minimum Gasteiger partial charge on any atom is -0.317 e. The lowest BCUT2D eigenvalue weighted by atomic mass is 9.91. The maximum Gasteiger partial charge on any atom is 0.129 e. The van der Waals surface area contributed by atoms with Crippen LogP contribution in [0, 0.1) is 0 Å². The number of rotatable bonds is 4. The summed E-state index contributed by atoms with van der Waals surface area (Å²) in [5, 5.41) is 13.0. The molecule has 1 aliphatic carbocycles. The van der Waals surface area contributed by atoms with Gasteiger partial charge in [0.1, 0.15) is 6.17 Å². The van der Waals surface area contributed by atoms with Crippen LogP contribution in [0.1, 0.15) is 47.1 Å². The molecule has 3 nitrogen and oxygen atoms in total. The Balaban J connectivity index is 0.844. The van der Waals surface area contributed by atoms with E-state index in [0.717, 1.165) is 12.8 Å². The maximum atomic E-state index is 5.30. The lowest BCUT2D eigenvalue weighted by molar-refractivity contribution is 0.552. The van der Waals surface area contributed by atoms with Crippen molar-refractivity contribution >= 4 is 98.7 Å². The zero-order valence-electron chi connectivity index (χ0n) is 35.3. The van der Waals surface area contributed by atoms with Crippen LogP contribution in [0.4, 0.5) is 0 Å². The molecule has 2 unspecified atom stereocenters. The van der Waals surface area contributed by atoms with Gasteiger partial charge in [0.2, 0.25) is 0 Å². The normalized spacial score (nSPS) is 16.0. The quantitative estimate of drug-likeness (QED) is 0.158. The number of benzene rings is 9. The number of aromatic nitrogens is 2. The van der Waals surface area contributed by atoms with Crippen molar-refractivity contribution in [3.63, 3.8) is 0 Å². The van der Waals surface area contributed by atoms with E-state index < -0.39 is 0 Å². The Morgan fingerprint density at radius 2 is 1.11 bits per heavy atom. The van der Waals surface area contributed by atoms with Gasteiger partial charge in [0.25, 0.3) is 0 Å². The molecule has 4 heteroatoms. The molecule has 0 saturated heterocycles. The van der Waals surface area contributed by atoms with E-state index in [0.29, 0.717) is 5.92 Å². The topological polar surface area (TPSA) is 22.2 Å².